The van der Waals surface area contributed by atoms with Crippen molar-refractivity contribution in [3.63, 3.8) is 0 Å². The van der Waals surface area contributed by atoms with Crippen molar-refractivity contribution in [3.8, 4) is 0 Å². The van der Waals surface area contributed by atoms with Gasteiger partial charge >= 0.3 is 0 Å². The minimum Gasteiger partial charge on any atom is -0.351 e. The zero-order chi connectivity index (χ0) is 13.3. The fourth-order valence-corrected chi connectivity index (χ4v) is 1.95. The first-order valence-electron chi connectivity index (χ1n) is 5.90. The van der Waals surface area contributed by atoms with E-state index in [1.165, 1.54) is 0 Å². The van der Waals surface area contributed by atoms with Gasteiger partial charge in [0.2, 0.25) is 11.9 Å². The molecule has 5 nitrogen and oxygen atoms in total. The predicted octanol–water partition coefficient (Wildman–Crippen LogP) is 1.59. The summed E-state index contributed by atoms with van der Waals surface area (Å²) in [5.74, 6) is 0.824. The molecule has 0 aliphatic carbocycles. The molecular weight excluding hydrogens is 296 g/mol. The Morgan fingerprint density at radius 1 is 1.39 bits per heavy atom. The van der Waals surface area contributed by atoms with Gasteiger partial charge in [0.15, 0.2) is 0 Å². The zero-order valence-corrected chi connectivity index (χ0v) is 12.4. The molecule has 1 aliphatic heterocycles. The Hall–Kier alpha value is -1.17. The van der Waals surface area contributed by atoms with E-state index in [-0.39, 0.29) is 17.4 Å². The zero-order valence-electron chi connectivity index (χ0n) is 10.8. The van der Waals surface area contributed by atoms with E-state index < -0.39 is 0 Å². The second kappa shape index (κ2) is 4.84. The summed E-state index contributed by atoms with van der Waals surface area (Å²) in [6.07, 6.45) is 3.43. The van der Waals surface area contributed by atoms with Crippen LogP contribution in [0.15, 0.2) is 16.9 Å². The first kappa shape index (κ1) is 13.3. The average Bonchev–Trinajstić information content (AvgIpc) is 2.15. The molecule has 0 spiro atoms. The van der Waals surface area contributed by atoms with Gasteiger partial charge in [0.1, 0.15) is 0 Å². The maximum Gasteiger partial charge on any atom is 0.227 e. The molecule has 1 N–H and O–H groups in total. The molecule has 2 heterocycles. The van der Waals surface area contributed by atoms with Crippen LogP contribution in [0.5, 0.6) is 0 Å². The average molecular weight is 313 g/mol. The van der Waals surface area contributed by atoms with Gasteiger partial charge in [-0.3, -0.25) is 4.79 Å². The minimum atomic E-state index is -0.175. The molecule has 1 aromatic rings. The quantitative estimate of drug-likeness (QED) is 0.901. The van der Waals surface area contributed by atoms with Crippen LogP contribution in [0.3, 0.4) is 0 Å². The van der Waals surface area contributed by atoms with E-state index in [1.54, 1.807) is 12.4 Å². The van der Waals surface area contributed by atoms with Crippen LogP contribution in [0.1, 0.15) is 20.8 Å². The van der Waals surface area contributed by atoms with Crippen LogP contribution in [-0.4, -0.2) is 34.5 Å². The van der Waals surface area contributed by atoms with Crippen LogP contribution in [0.4, 0.5) is 5.95 Å². The number of carbonyl (C=O) groups is 1. The third-order valence-corrected chi connectivity index (χ3v) is 3.05. The van der Waals surface area contributed by atoms with Crippen molar-refractivity contribution in [1.82, 2.24) is 15.3 Å². The van der Waals surface area contributed by atoms with E-state index in [4.69, 9.17) is 0 Å². The van der Waals surface area contributed by atoms with Crippen LogP contribution in [-0.2, 0) is 4.79 Å². The van der Waals surface area contributed by atoms with E-state index in [9.17, 15) is 4.79 Å². The lowest BCUT2D eigenvalue weighted by Crippen LogP contribution is -2.57. The van der Waals surface area contributed by atoms with Gasteiger partial charge in [-0.05, 0) is 36.7 Å². The van der Waals surface area contributed by atoms with Gasteiger partial charge in [-0.2, -0.15) is 0 Å². The SMILES string of the molecule is CC(C)(C)NC(=O)C1CN(c2ncc(Br)cn2)C1. The Balaban J connectivity index is 1.87. The number of amides is 1. The number of halogens is 1. The Morgan fingerprint density at radius 3 is 2.44 bits per heavy atom. The first-order valence-corrected chi connectivity index (χ1v) is 6.69. The molecule has 1 fully saturated rings. The van der Waals surface area contributed by atoms with Crippen molar-refractivity contribution in [1.29, 1.82) is 0 Å². The molecule has 0 unspecified atom stereocenters. The highest BCUT2D eigenvalue weighted by atomic mass is 79.9. The molecule has 1 aromatic heterocycles. The molecular formula is C12H17BrN4O. The van der Waals surface area contributed by atoms with Crippen molar-refractivity contribution >= 4 is 27.8 Å². The summed E-state index contributed by atoms with van der Waals surface area (Å²) in [5, 5.41) is 2.99. The number of hydrogen-bond acceptors (Lipinski definition) is 4. The molecule has 0 radical (unpaired) electrons. The van der Waals surface area contributed by atoms with Gasteiger partial charge in [0.25, 0.3) is 0 Å². The molecule has 0 bridgehead atoms. The van der Waals surface area contributed by atoms with Gasteiger partial charge in [0.05, 0.1) is 10.4 Å². The van der Waals surface area contributed by atoms with Crippen molar-refractivity contribution in [3.05, 3.63) is 16.9 Å². The van der Waals surface area contributed by atoms with E-state index in [2.05, 4.69) is 31.2 Å². The minimum absolute atomic E-state index is 0.0384. The third kappa shape index (κ3) is 3.19. The topological polar surface area (TPSA) is 58.1 Å². The smallest absolute Gasteiger partial charge is 0.227 e. The molecule has 18 heavy (non-hydrogen) atoms. The largest absolute Gasteiger partial charge is 0.351 e. The number of nitrogens with zero attached hydrogens (tertiary/aromatic N) is 3. The monoisotopic (exact) mass is 312 g/mol. The second-order valence-corrected chi connectivity index (χ2v) is 6.46. The summed E-state index contributed by atoms with van der Waals surface area (Å²) in [5.41, 5.74) is -0.175. The van der Waals surface area contributed by atoms with Crippen molar-refractivity contribution in [2.45, 2.75) is 26.3 Å². The lowest BCUT2D eigenvalue weighted by molar-refractivity contribution is -0.127. The molecule has 98 valence electrons. The van der Waals surface area contributed by atoms with Crippen LogP contribution in [0, 0.1) is 5.92 Å². The van der Waals surface area contributed by atoms with Gasteiger partial charge in [-0.25, -0.2) is 9.97 Å². The number of hydrogen-bond donors (Lipinski definition) is 1. The van der Waals surface area contributed by atoms with Crippen LogP contribution < -0.4 is 10.2 Å². The van der Waals surface area contributed by atoms with Crippen molar-refractivity contribution < 1.29 is 4.79 Å². The highest BCUT2D eigenvalue weighted by molar-refractivity contribution is 9.10. The second-order valence-electron chi connectivity index (χ2n) is 5.54. The van der Waals surface area contributed by atoms with Gasteiger partial charge in [-0.1, -0.05) is 0 Å². The lowest BCUT2D eigenvalue weighted by Gasteiger charge is -2.39. The number of anilines is 1. The molecule has 0 atom stereocenters. The highest BCUT2D eigenvalue weighted by Gasteiger charge is 2.35. The fourth-order valence-electron chi connectivity index (χ4n) is 1.75. The maximum absolute atomic E-state index is 11.9. The molecule has 0 aromatic carbocycles. The lowest BCUT2D eigenvalue weighted by atomic mass is 9.98. The summed E-state index contributed by atoms with van der Waals surface area (Å²) < 4.78 is 0.855. The first-order chi connectivity index (χ1) is 8.35. The van der Waals surface area contributed by atoms with Crippen LogP contribution >= 0.6 is 15.9 Å². The summed E-state index contributed by atoms with van der Waals surface area (Å²) in [7, 11) is 0. The van der Waals surface area contributed by atoms with Crippen molar-refractivity contribution in [2.24, 2.45) is 5.92 Å². The summed E-state index contributed by atoms with van der Waals surface area (Å²) >= 11 is 3.29. The summed E-state index contributed by atoms with van der Waals surface area (Å²) in [6, 6.07) is 0. The third-order valence-electron chi connectivity index (χ3n) is 2.64. The fraction of sp³-hybridized carbons (Fsp3) is 0.583. The predicted molar refractivity (Wildman–Crippen MR) is 73.3 cm³/mol. The number of aromatic nitrogens is 2. The Morgan fingerprint density at radius 2 is 1.94 bits per heavy atom. The van der Waals surface area contributed by atoms with E-state index in [0.717, 1.165) is 4.47 Å². The van der Waals surface area contributed by atoms with Gasteiger partial charge in [-0.15, -0.1) is 0 Å². The highest BCUT2D eigenvalue weighted by Crippen LogP contribution is 2.22. The van der Waals surface area contributed by atoms with E-state index >= 15 is 0 Å². The summed E-state index contributed by atoms with van der Waals surface area (Å²) in [6.45, 7) is 7.32. The number of nitrogens with one attached hydrogen (secondary N) is 1. The standard InChI is InChI=1S/C12H17BrN4O/c1-12(2,3)16-10(18)8-6-17(7-8)11-14-4-9(13)5-15-11/h4-5,8H,6-7H2,1-3H3,(H,16,18). The van der Waals surface area contributed by atoms with E-state index in [1.807, 2.05) is 25.7 Å². The number of rotatable bonds is 2. The molecule has 1 amide bonds. The van der Waals surface area contributed by atoms with Gasteiger partial charge in [0, 0.05) is 31.0 Å². The normalized spacial score (nSPS) is 16.3. The van der Waals surface area contributed by atoms with Crippen molar-refractivity contribution in [2.75, 3.05) is 18.0 Å². The number of carbonyl (C=O) groups excluding carboxylic acids is 1. The maximum atomic E-state index is 11.9. The Kier molecular flexibility index (Phi) is 3.56. The molecule has 2 rings (SSSR count). The molecule has 1 aliphatic rings. The molecule has 6 heteroatoms. The Labute approximate surface area is 115 Å². The van der Waals surface area contributed by atoms with Gasteiger partial charge < -0.3 is 10.2 Å². The summed E-state index contributed by atoms with van der Waals surface area (Å²) in [4.78, 5) is 22.3. The van der Waals surface area contributed by atoms with Crippen LogP contribution in [0.25, 0.3) is 0 Å². The van der Waals surface area contributed by atoms with Crippen LogP contribution in [0.2, 0.25) is 0 Å². The molecule has 1 saturated heterocycles. The Bertz CT molecular complexity index is 434. The molecule has 0 saturated carbocycles. The van der Waals surface area contributed by atoms with E-state index in [0.29, 0.717) is 19.0 Å².